The van der Waals surface area contributed by atoms with Crippen molar-refractivity contribution < 1.29 is 4.74 Å². The lowest BCUT2D eigenvalue weighted by Crippen LogP contribution is -2.34. The fourth-order valence-corrected chi connectivity index (χ4v) is 1.88. The number of hydrogen-bond acceptors (Lipinski definition) is 4. The Morgan fingerprint density at radius 1 is 1.53 bits per heavy atom. The predicted octanol–water partition coefficient (Wildman–Crippen LogP) is 0.349. The first kappa shape index (κ1) is 9.30. The average molecular weight is 208 g/mol. The molecule has 1 aliphatic heterocycles. The predicted molar refractivity (Wildman–Crippen MR) is 54.3 cm³/mol. The standard InChI is InChI=1S/C10H16N4O/c1-2-8(1)5-14-6-9(12-13-14)10-7-15-4-3-11-10/h6,8,10-11H,1-5,7H2. The molecule has 1 atom stereocenters. The minimum absolute atomic E-state index is 0.228. The topological polar surface area (TPSA) is 52.0 Å². The van der Waals surface area contributed by atoms with E-state index >= 15 is 0 Å². The molecule has 1 aromatic rings. The van der Waals surface area contributed by atoms with E-state index in [1.807, 2.05) is 10.9 Å². The molecule has 1 aromatic heterocycles. The highest BCUT2D eigenvalue weighted by molar-refractivity contribution is 5.02. The summed E-state index contributed by atoms with van der Waals surface area (Å²) in [6.07, 6.45) is 4.74. The molecule has 3 rings (SSSR count). The van der Waals surface area contributed by atoms with Gasteiger partial charge in [0.1, 0.15) is 5.69 Å². The summed E-state index contributed by atoms with van der Waals surface area (Å²) >= 11 is 0. The summed E-state index contributed by atoms with van der Waals surface area (Å²) in [7, 11) is 0. The highest BCUT2D eigenvalue weighted by Gasteiger charge is 2.23. The number of aromatic nitrogens is 3. The van der Waals surface area contributed by atoms with Crippen LogP contribution in [0.2, 0.25) is 0 Å². The van der Waals surface area contributed by atoms with Crippen LogP contribution < -0.4 is 5.32 Å². The first-order valence-corrected chi connectivity index (χ1v) is 5.63. The van der Waals surface area contributed by atoms with Crippen molar-refractivity contribution in [2.75, 3.05) is 19.8 Å². The van der Waals surface area contributed by atoms with Gasteiger partial charge in [-0.3, -0.25) is 4.68 Å². The molecular weight excluding hydrogens is 192 g/mol. The van der Waals surface area contributed by atoms with Crippen LogP contribution in [-0.4, -0.2) is 34.8 Å². The Bertz CT molecular complexity index is 328. The molecule has 0 spiro atoms. The second-order valence-corrected chi connectivity index (χ2v) is 4.39. The van der Waals surface area contributed by atoms with Crippen LogP contribution >= 0.6 is 0 Å². The number of hydrogen-bond donors (Lipinski definition) is 1. The van der Waals surface area contributed by atoms with Crippen molar-refractivity contribution in [3.8, 4) is 0 Å². The Hall–Kier alpha value is -0.940. The van der Waals surface area contributed by atoms with Crippen molar-refractivity contribution in [1.82, 2.24) is 20.3 Å². The maximum atomic E-state index is 5.40. The van der Waals surface area contributed by atoms with E-state index in [-0.39, 0.29) is 6.04 Å². The van der Waals surface area contributed by atoms with Gasteiger partial charge in [0, 0.05) is 13.1 Å². The maximum Gasteiger partial charge on any atom is 0.102 e. The van der Waals surface area contributed by atoms with Crippen LogP contribution in [0.1, 0.15) is 24.6 Å². The molecule has 1 saturated heterocycles. The second-order valence-electron chi connectivity index (χ2n) is 4.39. The van der Waals surface area contributed by atoms with E-state index in [9.17, 15) is 0 Å². The monoisotopic (exact) mass is 208 g/mol. The molecular formula is C10H16N4O. The van der Waals surface area contributed by atoms with Crippen LogP contribution in [0.4, 0.5) is 0 Å². The Morgan fingerprint density at radius 2 is 2.47 bits per heavy atom. The van der Waals surface area contributed by atoms with Crippen LogP contribution in [0.3, 0.4) is 0 Å². The molecule has 82 valence electrons. The fourth-order valence-electron chi connectivity index (χ4n) is 1.88. The average Bonchev–Trinajstić information content (AvgIpc) is 2.96. The van der Waals surface area contributed by atoms with E-state index in [4.69, 9.17) is 4.74 Å². The summed E-state index contributed by atoms with van der Waals surface area (Å²) in [6, 6.07) is 0.228. The van der Waals surface area contributed by atoms with E-state index in [1.165, 1.54) is 12.8 Å². The molecule has 1 saturated carbocycles. The number of morpholine rings is 1. The molecule has 2 aliphatic rings. The number of nitrogens with one attached hydrogen (secondary N) is 1. The molecule has 1 N–H and O–H groups in total. The normalized spacial score (nSPS) is 26.8. The summed E-state index contributed by atoms with van der Waals surface area (Å²) in [5.41, 5.74) is 1.01. The molecule has 0 amide bonds. The molecule has 1 unspecified atom stereocenters. The van der Waals surface area contributed by atoms with Gasteiger partial charge in [-0.2, -0.15) is 0 Å². The maximum absolute atomic E-state index is 5.40. The van der Waals surface area contributed by atoms with Gasteiger partial charge in [0.25, 0.3) is 0 Å². The van der Waals surface area contributed by atoms with Gasteiger partial charge >= 0.3 is 0 Å². The van der Waals surface area contributed by atoms with E-state index < -0.39 is 0 Å². The van der Waals surface area contributed by atoms with Crippen LogP contribution in [0.25, 0.3) is 0 Å². The lowest BCUT2D eigenvalue weighted by Gasteiger charge is -2.21. The molecule has 2 heterocycles. The third-order valence-corrected chi connectivity index (χ3v) is 2.98. The number of ether oxygens (including phenoxy) is 1. The fraction of sp³-hybridized carbons (Fsp3) is 0.800. The third-order valence-electron chi connectivity index (χ3n) is 2.98. The highest BCUT2D eigenvalue weighted by atomic mass is 16.5. The molecule has 5 nitrogen and oxygen atoms in total. The van der Waals surface area contributed by atoms with Gasteiger partial charge in [-0.05, 0) is 18.8 Å². The third kappa shape index (κ3) is 2.18. The smallest absolute Gasteiger partial charge is 0.102 e. The SMILES string of the molecule is c1c(C2COCCN2)nnn1CC1CC1. The molecule has 1 aliphatic carbocycles. The van der Waals surface area contributed by atoms with E-state index in [2.05, 4.69) is 15.6 Å². The Morgan fingerprint density at radius 3 is 3.20 bits per heavy atom. The number of nitrogens with zero attached hydrogens (tertiary/aromatic N) is 3. The minimum atomic E-state index is 0.228. The Balaban J connectivity index is 1.65. The lowest BCUT2D eigenvalue weighted by molar-refractivity contribution is 0.0756. The van der Waals surface area contributed by atoms with Crippen LogP contribution in [-0.2, 0) is 11.3 Å². The van der Waals surface area contributed by atoms with Crippen molar-refractivity contribution >= 4 is 0 Å². The quantitative estimate of drug-likeness (QED) is 0.778. The first-order chi connectivity index (χ1) is 7.42. The van der Waals surface area contributed by atoms with Crippen molar-refractivity contribution in [2.24, 2.45) is 5.92 Å². The highest BCUT2D eigenvalue weighted by Crippen LogP contribution is 2.30. The van der Waals surface area contributed by atoms with Crippen LogP contribution in [0.5, 0.6) is 0 Å². The van der Waals surface area contributed by atoms with E-state index in [1.54, 1.807) is 0 Å². The summed E-state index contributed by atoms with van der Waals surface area (Å²) in [4.78, 5) is 0. The zero-order chi connectivity index (χ0) is 10.1. The van der Waals surface area contributed by atoms with Crippen LogP contribution in [0.15, 0.2) is 6.20 Å². The molecule has 2 fully saturated rings. The van der Waals surface area contributed by atoms with Gasteiger partial charge in [0.2, 0.25) is 0 Å². The summed E-state index contributed by atoms with van der Waals surface area (Å²) in [5.74, 6) is 0.843. The first-order valence-electron chi connectivity index (χ1n) is 5.63. The Labute approximate surface area is 88.8 Å². The summed E-state index contributed by atoms with van der Waals surface area (Å²) < 4.78 is 7.36. The Kier molecular flexibility index (Phi) is 2.42. The van der Waals surface area contributed by atoms with Crippen LogP contribution in [0, 0.1) is 5.92 Å². The molecule has 0 radical (unpaired) electrons. The molecule has 0 bridgehead atoms. The minimum Gasteiger partial charge on any atom is -0.378 e. The van der Waals surface area contributed by atoms with E-state index in [0.717, 1.165) is 31.3 Å². The van der Waals surface area contributed by atoms with Crippen molar-refractivity contribution in [1.29, 1.82) is 0 Å². The molecule has 15 heavy (non-hydrogen) atoms. The van der Waals surface area contributed by atoms with Gasteiger partial charge in [0.05, 0.1) is 25.5 Å². The van der Waals surface area contributed by atoms with Crippen molar-refractivity contribution in [2.45, 2.75) is 25.4 Å². The largest absolute Gasteiger partial charge is 0.378 e. The van der Waals surface area contributed by atoms with E-state index in [0.29, 0.717) is 6.61 Å². The van der Waals surface area contributed by atoms with Gasteiger partial charge < -0.3 is 10.1 Å². The summed E-state index contributed by atoms with van der Waals surface area (Å²) in [5, 5.41) is 11.7. The van der Waals surface area contributed by atoms with Gasteiger partial charge in [-0.15, -0.1) is 5.10 Å². The zero-order valence-electron chi connectivity index (χ0n) is 8.72. The van der Waals surface area contributed by atoms with Gasteiger partial charge in [0.15, 0.2) is 0 Å². The molecule has 0 aromatic carbocycles. The zero-order valence-corrected chi connectivity index (χ0v) is 8.72. The molecule has 5 heteroatoms. The van der Waals surface area contributed by atoms with Gasteiger partial charge in [-0.1, -0.05) is 5.21 Å². The number of rotatable bonds is 3. The summed E-state index contributed by atoms with van der Waals surface area (Å²) in [6.45, 7) is 3.44. The lowest BCUT2D eigenvalue weighted by atomic mass is 10.2. The second kappa shape index (κ2) is 3.90. The van der Waals surface area contributed by atoms with Crippen molar-refractivity contribution in [3.05, 3.63) is 11.9 Å². The van der Waals surface area contributed by atoms with Crippen molar-refractivity contribution in [3.63, 3.8) is 0 Å². The van der Waals surface area contributed by atoms with Gasteiger partial charge in [-0.25, -0.2) is 0 Å².